The summed E-state index contributed by atoms with van der Waals surface area (Å²) in [5.74, 6) is 0. The van der Waals surface area contributed by atoms with Gasteiger partial charge in [0.05, 0.1) is 0 Å². The van der Waals surface area contributed by atoms with Crippen molar-refractivity contribution >= 4 is 65.5 Å². The molecule has 0 amide bonds. The van der Waals surface area contributed by atoms with Crippen LogP contribution in [0.2, 0.25) is 0 Å². The zero-order valence-electron chi connectivity index (χ0n) is 1.29. The average molecular weight is 345 g/mol. The third-order valence-corrected chi connectivity index (χ3v) is 0. The van der Waals surface area contributed by atoms with Gasteiger partial charge >= 0.3 is 24.4 Å². The third kappa shape index (κ3) is 8.82. The standard InChI is InChI=1S/Al.Cu.Sb.Te.5H. The van der Waals surface area contributed by atoms with Crippen molar-refractivity contribution in [2.75, 3.05) is 0 Å². The van der Waals surface area contributed by atoms with Gasteiger partial charge in [0.1, 0.15) is 0 Å². The first-order valence-electron chi connectivity index (χ1n) is 0. The van der Waals surface area contributed by atoms with Crippen LogP contribution in [0.4, 0.5) is 0 Å². The SMILES string of the molecule is [AlH3].[Cu].[SbH2].[Te]. The van der Waals surface area contributed by atoms with Crippen molar-refractivity contribution in [3.05, 3.63) is 0 Å². The molecule has 0 spiro atoms. The van der Waals surface area contributed by atoms with E-state index in [-0.39, 0.29) is 82.5 Å². The molecule has 4 heteroatoms. The van der Waals surface area contributed by atoms with Gasteiger partial charge in [-0.2, -0.15) is 0 Å². The molecule has 0 heterocycles. The van der Waals surface area contributed by atoms with Gasteiger partial charge in [-0.05, 0) is 0 Å². The number of hydrogen-bond donors (Lipinski definition) is 0. The average Bonchev–Trinajstić information content (AvgIpc) is 0. The molecule has 0 aromatic carbocycles. The van der Waals surface area contributed by atoms with Crippen LogP contribution in [0.3, 0.4) is 0 Å². The van der Waals surface area contributed by atoms with Crippen LogP contribution >= 0.6 is 0 Å². The third-order valence-electron chi connectivity index (χ3n) is 0. The van der Waals surface area contributed by atoms with Crippen LogP contribution in [0, 0.1) is 0 Å². The molecule has 0 aromatic heterocycles. The molecule has 0 bridgehead atoms. The molecular formula is H5AlCuSbTe. The fraction of sp³-hybridized carbons (Fsp3) is 0. The largest absolute Gasteiger partial charge is 0 e. The van der Waals surface area contributed by atoms with Crippen molar-refractivity contribution in [3.63, 3.8) is 0 Å². The minimum atomic E-state index is 0. The summed E-state index contributed by atoms with van der Waals surface area (Å²) in [5.41, 5.74) is 0. The minimum absolute atomic E-state index is 0. The minimum Gasteiger partial charge on any atom is 0 e. The molecule has 30 valence electrons. The predicted octanol–water partition coefficient (Wildman–Crippen LogP) is -2.48. The van der Waals surface area contributed by atoms with Crippen LogP contribution in [0.5, 0.6) is 0 Å². The fourth-order valence-electron chi connectivity index (χ4n) is 0. The second-order valence-electron chi connectivity index (χ2n) is 0. The van der Waals surface area contributed by atoms with Gasteiger partial charge < -0.3 is 0 Å². The zero-order valence-corrected chi connectivity index (χ0v) is 7.85. The van der Waals surface area contributed by atoms with Crippen molar-refractivity contribution in [2.45, 2.75) is 0 Å². The summed E-state index contributed by atoms with van der Waals surface area (Å²) in [6.45, 7) is 0. The molecule has 0 saturated heterocycles. The van der Waals surface area contributed by atoms with Gasteiger partial charge in [-0.1, -0.05) is 0 Å². The maximum Gasteiger partial charge on any atom is 0 e. The van der Waals surface area contributed by atoms with Gasteiger partial charge in [0, 0.05) is 40.7 Å². The molecule has 0 saturated carbocycles. The van der Waals surface area contributed by atoms with Crippen LogP contribution < -0.4 is 0 Å². The molecule has 0 N–H and O–H groups in total. The molecule has 4 heavy (non-hydrogen) atoms. The van der Waals surface area contributed by atoms with Crippen molar-refractivity contribution in [1.82, 2.24) is 0 Å². The van der Waals surface area contributed by atoms with Gasteiger partial charge in [-0.25, -0.2) is 0 Å². The summed E-state index contributed by atoms with van der Waals surface area (Å²) in [4.78, 5) is 0. The van der Waals surface area contributed by atoms with E-state index in [0.717, 1.165) is 0 Å². The van der Waals surface area contributed by atoms with E-state index < -0.39 is 0 Å². The Morgan fingerprint density at radius 1 is 1.00 bits per heavy atom. The van der Waals surface area contributed by atoms with Gasteiger partial charge in [0.2, 0.25) is 0 Å². The van der Waals surface area contributed by atoms with Crippen LogP contribution in [-0.4, -0.2) is 65.5 Å². The van der Waals surface area contributed by atoms with E-state index in [9.17, 15) is 0 Å². The molecule has 0 fully saturated rings. The molecule has 0 unspecified atom stereocenters. The van der Waals surface area contributed by atoms with E-state index in [4.69, 9.17) is 0 Å². The first-order valence-corrected chi connectivity index (χ1v) is 0. The second-order valence-corrected chi connectivity index (χ2v) is 0. The molecular weight excluding hydrogens is 340 g/mol. The summed E-state index contributed by atoms with van der Waals surface area (Å²) in [7, 11) is 0. The first-order chi connectivity index (χ1) is 0. The molecule has 0 aliphatic heterocycles. The number of rotatable bonds is 0. The van der Waals surface area contributed by atoms with Crippen LogP contribution in [0.25, 0.3) is 0 Å². The van der Waals surface area contributed by atoms with Crippen molar-refractivity contribution in [3.8, 4) is 0 Å². The summed E-state index contributed by atoms with van der Waals surface area (Å²) < 4.78 is 0. The molecule has 0 rings (SSSR count). The first kappa shape index (κ1) is 30.2. The Hall–Kier alpha value is 2.66. The Balaban J connectivity index is 0. The van der Waals surface area contributed by atoms with Crippen molar-refractivity contribution in [1.29, 1.82) is 0 Å². The molecule has 0 nitrogen and oxygen atoms in total. The quantitative estimate of drug-likeness (QED) is 0.427. The maximum atomic E-state index is 0. The summed E-state index contributed by atoms with van der Waals surface area (Å²) >= 11 is 0. The topological polar surface area (TPSA) is 0 Å². The Kier molecular flexibility index (Phi) is 131. The molecule has 0 aliphatic rings. The zero-order chi connectivity index (χ0) is 0. The van der Waals surface area contributed by atoms with E-state index in [1.165, 1.54) is 0 Å². The van der Waals surface area contributed by atoms with E-state index in [2.05, 4.69) is 0 Å². The summed E-state index contributed by atoms with van der Waals surface area (Å²) in [6, 6.07) is 0. The Bertz CT molecular complexity index is 8.00. The molecule has 0 aliphatic carbocycles. The molecule has 0 atom stereocenters. The smallest absolute Gasteiger partial charge is 0 e. The van der Waals surface area contributed by atoms with Gasteiger partial charge in [-0.3, -0.25) is 0 Å². The molecule has 0 aromatic rings. The second kappa shape index (κ2) is 17.4. The van der Waals surface area contributed by atoms with Crippen molar-refractivity contribution in [2.24, 2.45) is 0 Å². The van der Waals surface area contributed by atoms with Crippen LogP contribution in [0.15, 0.2) is 0 Å². The monoisotopic (exact) mass is 346 g/mol. The van der Waals surface area contributed by atoms with Gasteiger partial charge in [-0.15, -0.1) is 0 Å². The Morgan fingerprint density at radius 2 is 1.00 bits per heavy atom. The summed E-state index contributed by atoms with van der Waals surface area (Å²) in [5, 5.41) is 0. The Labute approximate surface area is 81.3 Å². The van der Waals surface area contributed by atoms with E-state index >= 15 is 0 Å². The van der Waals surface area contributed by atoms with E-state index in [1.54, 1.807) is 0 Å². The molecule has 4 radical (unpaired) electrons. The maximum absolute atomic E-state index is 0. The summed E-state index contributed by atoms with van der Waals surface area (Å²) in [6.07, 6.45) is 0. The normalized spacial score (nSPS) is 0. The van der Waals surface area contributed by atoms with Crippen molar-refractivity contribution < 1.29 is 17.1 Å². The van der Waals surface area contributed by atoms with E-state index in [0.29, 0.717) is 0 Å². The predicted molar refractivity (Wildman–Crippen MR) is 24.2 cm³/mol. The van der Waals surface area contributed by atoms with Crippen LogP contribution in [0.1, 0.15) is 0 Å². The number of hydrogen-bond acceptors (Lipinski definition) is 0. The van der Waals surface area contributed by atoms with Gasteiger partial charge in [0.25, 0.3) is 0 Å². The van der Waals surface area contributed by atoms with E-state index in [1.807, 2.05) is 0 Å². The van der Waals surface area contributed by atoms with Gasteiger partial charge in [0.15, 0.2) is 17.4 Å². The Morgan fingerprint density at radius 3 is 1.00 bits per heavy atom. The van der Waals surface area contributed by atoms with Crippen LogP contribution in [-0.2, 0) is 17.1 Å². The fourth-order valence-corrected chi connectivity index (χ4v) is 0.